The highest BCUT2D eigenvalue weighted by Gasteiger charge is 2.19. The fourth-order valence-electron chi connectivity index (χ4n) is 2.64. The fraction of sp³-hybridized carbons (Fsp3) is 0.846. The lowest BCUT2D eigenvalue weighted by molar-refractivity contribution is -0.132. The third kappa shape index (κ3) is 5.37. The van der Waals surface area contributed by atoms with Crippen molar-refractivity contribution in [1.29, 1.82) is 0 Å². The summed E-state index contributed by atoms with van der Waals surface area (Å²) < 4.78 is 0. The number of carbonyl (C=O) groups is 2. The molecule has 19 heavy (non-hydrogen) atoms. The second-order valence-corrected chi connectivity index (χ2v) is 5.26. The van der Waals surface area contributed by atoms with Crippen LogP contribution in [0.1, 0.15) is 32.1 Å². The quantitative estimate of drug-likeness (QED) is 0.776. The minimum atomic E-state index is 0. The average Bonchev–Trinajstić information content (AvgIpc) is 3.05. The van der Waals surface area contributed by atoms with E-state index in [4.69, 9.17) is 0 Å². The van der Waals surface area contributed by atoms with Crippen molar-refractivity contribution in [2.75, 3.05) is 32.7 Å². The summed E-state index contributed by atoms with van der Waals surface area (Å²) in [6.07, 6.45) is 4.82. The molecule has 2 aliphatic rings. The summed E-state index contributed by atoms with van der Waals surface area (Å²) in [5.74, 6) is 0.697. The second-order valence-electron chi connectivity index (χ2n) is 5.26. The number of likely N-dealkylation sites (tertiary alicyclic amines) is 1. The van der Waals surface area contributed by atoms with Crippen LogP contribution in [0.15, 0.2) is 0 Å². The molecule has 2 rings (SSSR count). The molecule has 110 valence electrons. The molecule has 0 aromatic rings. The maximum Gasteiger partial charge on any atom is 0.241 e. The molecule has 2 aliphatic heterocycles. The van der Waals surface area contributed by atoms with Crippen molar-refractivity contribution in [2.45, 2.75) is 32.1 Å². The molecule has 2 heterocycles. The van der Waals surface area contributed by atoms with Gasteiger partial charge in [0.15, 0.2) is 0 Å². The number of nitrogens with one attached hydrogen (secondary N) is 2. The van der Waals surface area contributed by atoms with Crippen LogP contribution >= 0.6 is 12.4 Å². The molecule has 6 heteroatoms. The van der Waals surface area contributed by atoms with Gasteiger partial charge in [0, 0.05) is 19.5 Å². The van der Waals surface area contributed by atoms with E-state index in [9.17, 15) is 9.59 Å². The highest BCUT2D eigenvalue weighted by molar-refractivity contribution is 5.85. The van der Waals surface area contributed by atoms with E-state index in [1.807, 2.05) is 4.90 Å². The van der Waals surface area contributed by atoms with Crippen molar-refractivity contribution in [3.05, 3.63) is 0 Å². The van der Waals surface area contributed by atoms with Gasteiger partial charge in [-0.3, -0.25) is 9.59 Å². The molecule has 0 spiro atoms. The van der Waals surface area contributed by atoms with Crippen LogP contribution in [0, 0.1) is 5.92 Å². The molecule has 0 radical (unpaired) electrons. The van der Waals surface area contributed by atoms with Gasteiger partial charge in [-0.15, -0.1) is 12.4 Å². The Morgan fingerprint density at radius 2 is 2.00 bits per heavy atom. The van der Waals surface area contributed by atoms with Gasteiger partial charge < -0.3 is 15.5 Å². The van der Waals surface area contributed by atoms with Gasteiger partial charge in [0.05, 0.1) is 6.54 Å². The van der Waals surface area contributed by atoms with Crippen LogP contribution in [-0.2, 0) is 9.59 Å². The molecule has 1 atom stereocenters. The van der Waals surface area contributed by atoms with E-state index in [-0.39, 0.29) is 30.8 Å². The predicted octanol–water partition coefficient (Wildman–Crippen LogP) is 0.536. The summed E-state index contributed by atoms with van der Waals surface area (Å²) in [7, 11) is 0. The van der Waals surface area contributed by atoms with E-state index in [1.165, 1.54) is 6.42 Å². The zero-order valence-corrected chi connectivity index (χ0v) is 12.1. The first kappa shape index (κ1) is 16.2. The molecule has 2 saturated heterocycles. The summed E-state index contributed by atoms with van der Waals surface area (Å²) in [5, 5.41) is 6.02. The summed E-state index contributed by atoms with van der Waals surface area (Å²) in [6.45, 7) is 3.96. The van der Waals surface area contributed by atoms with Crippen LogP contribution in [0.4, 0.5) is 0 Å². The van der Waals surface area contributed by atoms with Crippen molar-refractivity contribution in [3.63, 3.8) is 0 Å². The molecule has 0 aromatic heterocycles. The van der Waals surface area contributed by atoms with Gasteiger partial charge in [-0.1, -0.05) is 0 Å². The molecule has 0 aromatic carbocycles. The van der Waals surface area contributed by atoms with Gasteiger partial charge in [0.25, 0.3) is 0 Å². The molecular weight excluding hydrogens is 266 g/mol. The van der Waals surface area contributed by atoms with Crippen LogP contribution in [-0.4, -0.2) is 49.4 Å². The average molecular weight is 290 g/mol. The lowest BCUT2D eigenvalue weighted by atomic mass is 10.0. The number of amides is 2. The zero-order chi connectivity index (χ0) is 12.8. The van der Waals surface area contributed by atoms with Gasteiger partial charge in [0.1, 0.15) is 0 Å². The monoisotopic (exact) mass is 289 g/mol. The van der Waals surface area contributed by atoms with E-state index >= 15 is 0 Å². The minimum absolute atomic E-state index is 0. The molecule has 0 bridgehead atoms. The summed E-state index contributed by atoms with van der Waals surface area (Å²) in [5.41, 5.74) is 0. The van der Waals surface area contributed by atoms with Gasteiger partial charge in [-0.25, -0.2) is 0 Å². The predicted molar refractivity (Wildman–Crippen MR) is 76.3 cm³/mol. The van der Waals surface area contributed by atoms with Crippen molar-refractivity contribution in [1.82, 2.24) is 15.5 Å². The first-order chi connectivity index (χ1) is 8.75. The molecule has 2 N–H and O–H groups in total. The Hall–Kier alpha value is -0.810. The highest BCUT2D eigenvalue weighted by Crippen LogP contribution is 2.13. The van der Waals surface area contributed by atoms with Gasteiger partial charge in [0.2, 0.25) is 11.8 Å². The Morgan fingerprint density at radius 3 is 2.63 bits per heavy atom. The number of halogens is 1. The number of rotatable bonds is 5. The van der Waals surface area contributed by atoms with Crippen LogP contribution in [0.25, 0.3) is 0 Å². The van der Waals surface area contributed by atoms with Crippen molar-refractivity contribution in [2.24, 2.45) is 5.92 Å². The summed E-state index contributed by atoms with van der Waals surface area (Å²) in [4.78, 5) is 25.2. The Kier molecular flexibility index (Phi) is 7.16. The van der Waals surface area contributed by atoms with E-state index in [0.717, 1.165) is 45.4 Å². The maximum absolute atomic E-state index is 11.7. The largest absolute Gasteiger partial charge is 0.347 e. The Morgan fingerprint density at radius 1 is 1.26 bits per heavy atom. The van der Waals surface area contributed by atoms with Crippen molar-refractivity contribution in [3.8, 4) is 0 Å². The maximum atomic E-state index is 11.7. The number of hydrogen-bond acceptors (Lipinski definition) is 3. The smallest absolute Gasteiger partial charge is 0.241 e. The molecule has 5 nitrogen and oxygen atoms in total. The van der Waals surface area contributed by atoms with E-state index < -0.39 is 0 Å². The molecule has 2 fully saturated rings. The number of nitrogens with zero attached hydrogens (tertiary/aromatic N) is 1. The minimum Gasteiger partial charge on any atom is -0.347 e. The van der Waals surface area contributed by atoms with Crippen LogP contribution in [0.2, 0.25) is 0 Å². The first-order valence-corrected chi connectivity index (χ1v) is 7.01. The molecule has 0 saturated carbocycles. The summed E-state index contributed by atoms with van der Waals surface area (Å²) >= 11 is 0. The second kappa shape index (κ2) is 8.38. The third-order valence-electron chi connectivity index (χ3n) is 3.84. The standard InChI is InChI=1S/C13H23N3O2.ClH/c17-12(4-3-11-5-6-14-9-11)15-10-13(18)16-7-1-2-8-16;/h11,14H,1-10H2,(H,15,17);1H. The summed E-state index contributed by atoms with van der Waals surface area (Å²) in [6, 6.07) is 0. The number of hydrogen-bond donors (Lipinski definition) is 2. The normalized spacial score (nSPS) is 22.1. The Labute approximate surface area is 120 Å². The Bertz CT molecular complexity index is 300. The van der Waals surface area contributed by atoms with Gasteiger partial charge in [-0.2, -0.15) is 0 Å². The van der Waals surface area contributed by atoms with E-state index in [0.29, 0.717) is 12.3 Å². The van der Waals surface area contributed by atoms with Gasteiger partial charge >= 0.3 is 0 Å². The number of carbonyl (C=O) groups excluding carboxylic acids is 2. The van der Waals surface area contributed by atoms with Crippen LogP contribution in [0.3, 0.4) is 0 Å². The van der Waals surface area contributed by atoms with Crippen molar-refractivity contribution >= 4 is 24.2 Å². The topological polar surface area (TPSA) is 61.4 Å². The van der Waals surface area contributed by atoms with E-state index in [2.05, 4.69) is 10.6 Å². The Balaban J connectivity index is 0.00000180. The first-order valence-electron chi connectivity index (χ1n) is 7.01. The van der Waals surface area contributed by atoms with Crippen LogP contribution < -0.4 is 10.6 Å². The lowest BCUT2D eigenvalue weighted by Crippen LogP contribution is -2.38. The molecule has 2 amide bonds. The van der Waals surface area contributed by atoms with Gasteiger partial charge in [-0.05, 0) is 44.7 Å². The SMILES string of the molecule is Cl.O=C(CCC1CCNC1)NCC(=O)N1CCCC1. The zero-order valence-electron chi connectivity index (χ0n) is 11.3. The third-order valence-corrected chi connectivity index (χ3v) is 3.84. The highest BCUT2D eigenvalue weighted by atomic mass is 35.5. The molecular formula is C13H24ClN3O2. The molecule has 0 aliphatic carbocycles. The van der Waals surface area contributed by atoms with E-state index in [1.54, 1.807) is 0 Å². The van der Waals surface area contributed by atoms with Crippen LogP contribution in [0.5, 0.6) is 0 Å². The van der Waals surface area contributed by atoms with Crippen molar-refractivity contribution < 1.29 is 9.59 Å². The molecule has 1 unspecified atom stereocenters. The fourth-order valence-corrected chi connectivity index (χ4v) is 2.64. The lowest BCUT2D eigenvalue weighted by Gasteiger charge is -2.15.